The van der Waals surface area contributed by atoms with E-state index in [9.17, 15) is 4.79 Å². The molecule has 0 aliphatic heterocycles. The zero-order chi connectivity index (χ0) is 11.4. The van der Waals surface area contributed by atoms with E-state index in [1.807, 2.05) is 0 Å². The highest BCUT2D eigenvalue weighted by atomic mass is 16.5. The maximum Gasteiger partial charge on any atom is 0.305 e. The molecular weight excluding hydrogens is 192 g/mol. The van der Waals surface area contributed by atoms with Gasteiger partial charge in [-0.05, 0) is 19.3 Å². The number of esters is 1. The average molecular weight is 216 g/mol. The Hall–Kier alpha value is -0.570. The second kappa shape index (κ2) is 11.5. The first-order chi connectivity index (χ1) is 7.31. The minimum Gasteiger partial charge on any atom is -0.469 e. The van der Waals surface area contributed by atoms with Crippen LogP contribution in [0.4, 0.5) is 0 Å². The van der Waals surface area contributed by atoms with Crippen LogP contribution in [0.25, 0.3) is 0 Å². The van der Waals surface area contributed by atoms with Gasteiger partial charge in [-0.3, -0.25) is 4.79 Å². The molecular formula is C12H24O3. The van der Waals surface area contributed by atoms with Crippen molar-refractivity contribution >= 4 is 5.97 Å². The van der Waals surface area contributed by atoms with E-state index in [0.717, 1.165) is 32.5 Å². The summed E-state index contributed by atoms with van der Waals surface area (Å²) in [4.78, 5) is 10.8. The van der Waals surface area contributed by atoms with E-state index in [1.54, 1.807) is 0 Å². The molecule has 3 heteroatoms. The molecule has 0 aliphatic carbocycles. The van der Waals surface area contributed by atoms with E-state index in [4.69, 9.17) is 4.74 Å². The molecule has 0 rings (SSSR count). The molecule has 0 fully saturated rings. The van der Waals surface area contributed by atoms with Crippen molar-refractivity contribution in [2.24, 2.45) is 0 Å². The number of hydrogen-bond acceptors (Lipinski definition) is 3. The molecule has 0 aliphatic rings. The second-order valence-corrected chi connectivity index (χ2v) is 3.71. The quantitative estimate of drug-likeness (QED) is 0.416. The summed E-state index contributed by atoms with van der Waals surface area (Å²) in [5.41, 5.74) is 0. The van der Waals surface area contributed by atoms with Gasteiger partial charge in [0.15, 0.2) is 0 Å². The van der Waals surface area contributed by atoms with Crippen LogP contribution in [0.2, 0.25) is 0 Å². The molecule has 0 amide bonds. The third-order valence-corrected chi connectivity index (χ3v) is 2.29. The van der Waals surface area contributed by atoms with E-state index in [-0.39, 0.29) is 5.97 Å². The molecule has 0 saturated heterocycles. The second-order valence-electron chi connectivity index (χ2n) is 3.71. The zero-order valence-electron chi connectivity index (χ0n) is 10.1. The van der Waals surface area contributed by atoms with Crippen molar-refractivity contribution in [2.45, 2.75) is 51.9 Å². The number of carbonyl (C=O) groups is 1. The summed E-state index contributed by atoms with van der Waals surface area (Å²) in [5.74, 6) is -0.112. The molecule has 0 N–H and O–H groups in total. The molecule has 90 valence electrons. The molecule has 0 radical (unpaired) electrons. The van der Waals surface area contributed by atoms with Crippen LogP contribution in [0.1, 0.15) is 51.9 Å². The van der Waals surface area contributed by atoms with Gasteiger partial charge in [-0.25, -0.2) is 0 Å². The van der Waals surface area contributed by atoms with Crippen molar-refractivity contribution in [1.82, 2.24) is 0 Å². The smallest absolute Gasteiger partial charge is 0.305 e. The van der Waals surface area contributed by atoms with Gasteiger partial charge in [-0.15, -0.1) is 0 Å². The van der Waals surface area contributed by atoms with Gasteiger partial charge in [-0.2, -0.15) is 0 Å². The molecule has 0 aromatic carbocycles. The van der Waals surface area contributed by atoms with Crippen LogP contribution in [-0.2, 0) is 14.3 Å². The highest BCUT2D eigenvalue weighted by Crippen LogP contribution is 2.02. The third-order valence-electron chi connectivity index (χ3n) is 2.29. The Morgan fingerprint density at radius 1 is 1.00 bits per heavy atom. The Morgan fingerprint density at radius 3 is 2.27 bits per heavy atom. The van der Waals surface area contributed by atoms with E-state index in [1.165, 1.54) is 26.4 Å². The standard InChI is InChI=1S/C12H24O3/c1-3-4-7-10-15-11-8-5-6-9-12(13)14-2/h3-11H2,1-2H3. The Kier molecular flexibility index (Phi) is 11.1. The first-order valence-electron chi connectivity index (χ1n) is 5.95. The van der Waals surface area contributed by atoms with Crippen molar-refractivity contribution in [3.05, 3.63) is 0 Å². The van der Waals surface area contributed by atoms with Crippen molar-refractivity contribution in [3.8, 4) is 0 Å². The third kappa shape index (κ3) is 11.4. The van der Waals surface area contributed by atoms with Crippen LogP contribution >= 0.6 is 0 Å². The first-order valence-corrected chi connectivity index (χ1v) is 5.95. The molecule has 0 aromatic rings. The van der Waals surface area contributed by atoms with Crippen molar-refractivity contribution in [1.29, 1.82) is 0 Å². The van der Waals surface area contributed by atoms with Crippen LogP contribution in [0.15, 0.2) is 0 Å². The number of hydrogen-bond donors (Lipinski definition) is 0. The number of rotatable bonds is 10. The summed E-state index contributed by atoms with van der Waals surface area (Å²) in [6.45, 7) is 3.89. The number of ether oxygens (including phenoxy) is 2. The topological polar surface area (TPSA) is 35.5 Å². The van der Waals surface area contributed by atoms with E-state index < -0.39 is 0 Å². The molecule has 0 atom stereocenters. The number of methoxy groups -OCH3 is 1. The van der Waals surface area contributed by atoms with Gasteiger partial charge in [-0.1, -0.05) is 26.2 Å². The molecule has 0 heterocycles. The summed E-state index contributed by atoms with van der Waals surface area (Å²) in [7, 11) is 1.43. The average Bonchev–Trinajstić information content (AvgIpc) is 2.26. The van der Waals surface area contributed by atoms with Gasteiger partial charge in [0.1, 0.15) is 0 Å². The van der Waals surface area contributed by atoms with Crippen LogP contribution in [0.3, 0.4) is 0 Å². The van der Waals surface area contributed by atoms with E-state index in [0.29, 0.717) is 6.42 Å². The van der Waals surface area contributed by atoms with Gasteiger partial charge in [0, 0.05) is 19.6 Å². The lowest BCUT2D eigenvalue weighted by atomic mass is 10.2. The van der Waals surface area contributed by atoms with Crippen molar-refractivity contribution in [2.75, 3.05) is 20.3 Å². The number of unbranched alkanes of at least 4 members (excludes halogenated alkanes) is 4. The highest BCUT2D eigenvalue weighted by molar-refractivity contribution is 5.68. The Bertz CT molecular complexity index is 146. The fraction of sp³-hybridized carbons (Fsp3) is 0.917. The lowest BCUT2D eigenvalue weighted by Gasteiger charge is -2.03. The molecule has 0 spiro atoms. The lowest BCUT2D eigenvalue weighted by molar-refractivity contribution is -0.140. The summed E-state index contributed by atoms with van der Waals surface area (Å²) in [5, 5.41) is 0. The maximum absolute atomic E-state index is 10.8. The van der Waals surface area contributed by atoms with Crippen molar-refractivity contribution in [3.63, 3.8) is 0 Å². The fourth-order valence-corrected chi connectivity index (χ4v) is 1.31. The first kappa shape index (κ1) is 14.4. The van der Waals surface area contributed by atoms with Crippen LogP contribution in [0, 0.1) is 0 Å². The predicted octanol–water partition coefficient (Wildman–Crippen LogP) is 2.93. The van der Waals surface area contributed by atoms with Crippen molar-refractivity contribution < 1.29 is 14.3 Å². The SMILES string of the molecule is CCCCCOCCCCCC(=O)OC. The van der Waals surface area contributed by atoms with Crippen LogP contribution < -0.4 is 0 Å². The Morgan fingerprint density at radius 2 is 1.67 bits per heavy atom. The van der Waals surface area contributed by atoms with Gasteiger partial charge >= 0.3 is 5.97 Å². The molecule has 0 aromatic heterocycles. The minimum absolute atomic E-state index is 0.112. The number of carbonyl (C=O) groups excluding carboxylic acids is 1. The van der Waals surface area contributed by atoms with E-state index in [2.05, 4.69) is 11.7 Å². The summed E-state index contributed by atoms with van der Waals surface area (Å²) in [6.07, 6.45) is 7.19. The summed E-state index contributed by atoms with van der Waals surface area (Å²) in [6, 6.07) is 0. The maximum atomic E-state index is 10.8. The normalized spacial score (nSPS) is 10.3. The largest absolute Gasteiger partial charge is 0.469 e. The summed E-state index contributed by atoms with van der Waals surface area (Å²) < 4.78 is 10.0. The van der Waals surface area contributed by atoms with Gasteiger partial charge in [0.05, 0.1) is 7.11 Å². The molecule has 15 heavy (non-hydrogen) atoms. The summed E-state index contributed by atoms with van der Waals surface area (Å²) >= 11 is 0. The van der Waals surface area contributed by atoms with Gasteiger partial charge in [0.25, 0.3) is 0 Å². The predicted molar refractivity (Wildman–Crippen MR) is 60.8 cm³/mol. The fourth-order valence-electron chi connectivity index (χ4n) is 1.31. The lowest BCUT2D eigenvalue weighted by Crippen LogP contribution is -2.00. The zero-order valence-corrected chi connectivity index (χ0v) is 10.1. The molecule has 0 unspecified atom stereocenters. The van der Waals surface area contributed by atoms with Crippen LogP contribution in [-0.4, -0.2) is 26.3 Å². The molecule has 0 saturated carbocycles. The minimum atomic E-state index is -0.112. The monoisotopic (exact) mass is 216 g/mol. The highest BCUT2D eigenvalue weighted by Gasteiger charge is 1.98. The Balaban J connectivity index is 2.95. The molecule has 3 nitrogen and oxygen atoms in total. The molecule has 0 bridgehead atoms. The van der Waals surface area contributed by atoms with Crippen LogP contribution in [0.5, 0.6) is 0 Å². The van der Waals surface area contributed by atoms with Gasteiger partial charge in [0.2, 0.25) is 0 Å². The van der Waals surface area contributed by atoms with E-state index >= 15 is 0 Å². The van der Waals surface area contributed by atoms with Gasteiger partial charge < -0.3 is 9.47 Å². The Labute approximate surface area is 93.1 Å².